The molecule has 1 unspecified atom stereocenters. The molecule has 5 nitrogen and oxygen atoms in total. The summed E-state index contributed by atoms with van der Waals surface area (Å²) >= 11 is 3.32. The Bertz CT molecular complexity index is 430. The number of hydrogen-bond donors (Lipinski definition) is 2. The molecule has 1 aromatic rings. The van der Waals surface area contributed by atoms with Gasteiger partial charge in [-0.15, -0.1) is 0 Å². The van der Waals surface area contributed by atoms with Gasteiger partial charge in [-0.1, -0.05) is 15.9 Å². The van der Waals surface area contributed by atoms with Gasteiger partial charge in [0.25, 0.3) is 0 Å². The maximum absolute atomic E-state index is 11.9. The molecule has 0 aliphatic carbocycles. The first kappa shape index (κ1) is 13.7. The molecular formula is C9H16BrN3O2S. The van der Waals surface area contributed by atoms with Crippen molar-refractivity contribution in [2.45, 2.75) is 37.6 Å². The van der Waals surface area contributed by atoms with Crippen LogP contribution in [0.5, 0.6) is 0 Å². The SMILES string of the molecule is Cc1[nH]ncc1S(=O)(=O)NC(C)CCCBr. The first-order valence-electron chi connectivity index (χ1n) is 5.05. The van der Waals surface area contributed by atoms with Crippen LogP contribution in [-0.2, 0) is 10.0 Å². The summed E-state index contributed by atoms with van der Waals surface area (Å²) in [6.07, 6.45) is 3.07. The predicted octanol–water partition coefficient (Wildman–Crippen LogP) is 1.56. The summed E-state index contributed by atoms with van der Waals surface area (Å²) in [6, 6.07) is -0.0724. The van der Waals surface area contributed by atoms with Gasteiger partial charge in [-0.25, -0.2) is 13.1 Å². The van der Waals surface area contributed by atoms with E-state index in [1.807, 2.05) is 6.92 Å². The quantitative estimate of drug-likeness (QED) is 0.783. The first-order valence-corrected chi connectivity index (χ1v) is 7.66. The second-order valence-electron chi connectivity index (χ2n) is 3.71. The molecule has 0 aliphatic rings. The molecule has 0 spiro atoms. The molecule has 92 valence electrons. The smallest absolute Gasteiger partial charge is 0.244 e. The van der Waals surface area contributed by atoms with E-state index >= 15 is 0 Å². The van der Waals surface area contributed by atoms with E-state index in [4.69, 9.17) is 0 Å². The Kier molecular flexibility index (Phi) is 4.94. The molecule has 1 heterocycles. The summed E-state index contributed by atoms with van der Waals surface area (Å²) < 4.78 is 26.4. The van der Waals surface area contributed by atoms with E-state index < -0.39 is 10.0 Å². The molecule has 0 amide bonds. The topological polar surface area (TPSA) is 74.8 Å². The minimum Gasteiger partial charge on any atom is -0.281 e. The second kappa shape index (κ2) is 5.79. The monoisotopic (exact) mass is 309 g/mol. The minimum atomic E-state index is -3.44. The van der Waals surface area contributed by atoms with Gasteiger partial charge in [-0.3, -0.25) is 5.10 Å². The molecule has 0 aromatic carbocycles. The van der Waals surface area contributed by atoms with Crippen LogP contribution in [0, 0.1) is 6.92 Å². The zero-order chi connectivity index (χ0) is 12.2. The Morgan fingerprint density at radius 3 is 2.81 bits per heavy atom. The van der Waals surface area contributed by atoms with Gasteiger partial charge >= 0.3 is 0 Å². The number of aromatic amines is 1. The largest absolute Gasteiger partial charge is 0.281 e. The van der Waals surface area contributed by atoms with E-state index in [1.54, 1.807) is 6.92 Å². The van der Waals surface area contributed by atoms with Crippen molar-refractivity contribution in [2.75, 3.05) is 5.33 Å². The Labute approximate surface area is 104 Å². The fourth-order valence-corrected chi connectivity index (χ4v) is 3.12. The highest BCUT2D eigenvalue weighted by Gasteiger charge is 2.20. The number of aromatic nitrogens is 2. The number of nitrogens with zero attached hydrogens (tertiary/aromatic N) is 1. The zero-order valence-electron chi connectivity index (χ0n) is 9.33. The van der Waals surface area contributed by atoms with Gasteiger partial charge in [0, 0.05) is 11.4 Å². The second-order valence-corrected chi connectivity index (χ2v) is 6.19. The van der Waals surface area contributed by atoms with E-state index in [-0.39, 0.29) is 10.9 Å². The number of halogens is 1. The third-order valence-corrected chi connectivity index (χ3v) is 4.46. The third-order valence-electron chi connectivity index (χ3n) is 2.20. The molecule has 0 radical (unpaired) electrons. The summed E-state index contributed by atoms with van der Waals surface area (Å²) in [5, 5.41) is 7.20. The van der Waals surface area contributed by atoms with E-state index in [9.17, 15) is 8.42 Å². The molecule has 0 aliphatic heterocycles. The molecule has 1 aromatic heterocycles. The van der Waals surface area contributed by atoms with Crippen molar-refractivity contribution in [1.29, 1.82) is 0 Å². The lowest BCUT2D eigenvalue weighted by Crippen LogP contribution is -2.32. The van der Waals surface area contributed by atoms with Gasteiger partial charge in [-0.2, -0.15) is 5.10 Å². The predicted molar refractivity (Wildman–Crippen MR) is 66.1 cm³/mol. The number of sulfonamides is 1. The van der Waals surface area contributed by atoms with Crippen LogP contribution < -0.4 is 4.72 Å². The Morgan fingerprint density at radius 2 is 2.31 bits per heavy atom. The van der Waals surface area contributed by atoms with Gasteiger partial charge in [-0.05, 0) is 26.7 Å². The normalized spacial score (nSPS) is 13.9. The number of rotatable bonds is 6. The molecule has 2 N–H and O–H groups in total. The number of nitrogens with one attached hydrogen (secondary N) is 2. The van der Waals surface area contributed by atoms with E-state index in [0.717, 1.165) is 18.2 Å². The summed E-state index contributed by atoms with van der Waals surface area (Å²) in [5.41, 5.74) is 0.556. The number of H-pyrrole nitrogens is 1. The van der Waals surface area contributed by atoms with Crippen molar-refractivity contribution in [2.24, 2.45) is 0 Å². The molecule has 0 fully saturated rings. The lowest BCUT2D eigenvalue weighted by Gasteiger charge is -2.12. The van der Waals surface area contributed by atoms with Crippen molar-refractivity contribution >= 4 is 26.0 Å². The van der Waals surface area contributed by atoms with Crippen LogP contribution in [0.4, 0.5) is 0 Å². The standard InChI is InChI=1S/C9H16BrN3O2S/c1-7(4-3-5-10)13-16(14,15)9-6-11-12-8(9)2/h6-7,13H,3-5H2,1-2H3,(H,11,12). The first-order chi connectivity index (χ1) is 7.47. The maximum atomic E-state index is 11.9. The highest BCUT2D eigenvalue weighted by atomic mass is 79.9. The molecule has 0 bridgehead atoms. The van der Waals surface area contributed by atoms with Crippen LogP contribution in [0.15, 0.2) is 11.1 Å². The van der Waals surface area contributed by atoms with Crippen LogP contribution in [0.1, 0.15) is 25.5 Å². The third kappa shape index (κ3) is 3.57. The molecule has 7 heteroatoms. The number of hydrogen-bond acceptors (Lipinski definition) is 3. The average Bonchev–Trinajstić information content (AvgIpc) is 2.61. The van der Waals surface area contributed by atoms with Crippen LogP contribution in [0.25, 0.3) is 0 Å². The fraction of sp³-hybridized carbons (Fsp3) is 0.667. The highest BCUT2D eigenvalue weighted by molar-refractivity contribution is 9.09. The van der Waals surface area contributed by atoms with E-state index in [2.05, 4.69) is 30.8 Å². The zero-order valence-corrected chi connectivity index (χ0v) is 11.7. The van der Waals surface area contributed by atoms with Crippen molar-refractivity contribution in [3.05, 3.63) is 11.9 Å². The van der Waals surface area contributed by atoms with Gasteiger partial charge < -0.3 is 0 Å². The molecule has 1 rings (SSSR count). The van der Waals surface area contributed by atoms with Crippen molar-refractivity contribution in [1.82, 2.24) is 14.9 Å². The Balaban J connectivity index is 2.69. The number of aryl methyl sites for hydroxylation is 1. The number of alkyl halides is 1. The van der Waals surface area contributed by atoms with Crippen LogP contribution >= 0.6 is 15.9 Å². The van der Waals surface area contributed by atoms with Gasteiger partial charge in [0.15, 0.2) is 0 Å². The fourth-order valence-electron chi connectivity index (χ4n) is 1.38. The molecule has 0 saturated carbocycles. The van der Waals surface area contributed by atoms with Gasteiger partial charge in [0.05, 0.1) is 11.9 Å². The molecule has 1 atom stereocenters. The molecular weight excluding hydrogens is 294 g/mol. The average molecular weight is 310 g/mol. The van der Waals surface area contributed by atoms with Crippen molar-refractivity contribution in [3.63, 3.8) is 0 Å². The van der Waals surface area contributed by atoms with Crippen LogP contribution in [0.3, 0.4) is 0 Å². The summed E-state index contributed by atoms with van der Waals surface area (Å²) in [5.74, 6) is 0. The molecule has 16 heavy (non-hydrogen) atoms. The summed E-state index contributed by atoms with van der Waals surface area (Å²) in [7, 11) is -3.44. The lowest BCUT2D eigenvalue weighted by molar-refractivity contribution is 0.544. The highest BCUT2D eigenvalue weighted by Crippen LogP contribution is 2.12. The van der Waals surface area contributed by atoms with Gasteiger partial charge in [0.2, 0.25) is 10.0 Å². The van der Waals surface area contributed by atoms with E-state index in [0.29, 0.717) is 5.69 Å². The van der Waals surface area contributed by atoms with Crippen LogP contribution in [-0.4, -0.2) is 30.0 Å². The summed E-state index contributed by atoms with van der Waals surface area (Å²) in [6.45, 7) is 3.54. The van der Waals surface area contributed by atoms with Crippen LogP contribution in [0.2, 0.25) is 0 Å². The lowest BCUT2D eigenvalue weighted by atomic mass is 10.2. The minimum absolute atomic E-state index is 0.0724. The van der Waals surface area contributed by atoms with E-state index in [1.165, 1.54) is 6.20 Å². The Morgan fingerprint density at radius 1 is 1.62 bits per heavy atom. The van der Waals surface area contributed by atoms with Crippen molar-refractivity contribution < 1.29 is 8.42 Å². The summed E-state index contributed by atoms with van der Waals surface area (Å²) in [4.78, 5) is 0.221. The maximum Gasteiger partial charge on any atom is 0.244 e. The Hall–Kier alpha value is -0.400. The molecule has 0 saturated heterocycles. The van der Waals surface area contributed by atoms with Crippen molar-refractivity contribution in [3.8, 4) is 0 Å². The van der Waals surface area contributed by atoms with Gasteiger partial charge in [0.1, 0.15) is 4.90 Å².